The second kappa shape index (κ2) is 6.45. The summed E-state index contributed by atoms with van der Waals surface area (Å²) in [6.45, 7) is 6.01. The molecular weight excluding hydrogens is 264 g/mol. The van der Waals surface area contributed by atoms with Crippen LogP contribution in [0.1, 0.15) is 38.4 Å². The molecule has 116 valence electrons. The Bertz CT molecular complexity index is 480. The van der Waals surface area contributed by atoms with Crippen molar-refractivity contribution in [3.8, 4) is 0 Å². The van der Waals surface area contributed by atoms with Crippen LogP contribution in [0.2, 0.25) is 0 Å². The van der Waals surface area contributed by atoms with Gasteiger partial charge in [-0.2, -0.15) is 0 Å². The van der Waals surface area contributed by atoms with Gasteiger partial charge in [-0.3, -0.25) is 4.99 Å². The minimum atomic E-state index is 0.687. The SMILES string of the molecule is CCn1cnnc1CNC(=NC)N1CC2CCCCC2C1. The lowest BCUT2D eigenvalue weighted by atomic mass is 9.82. The maximum Gasteiger partial charge on any atom is 0.194 e. The van der Waals surface area contributed by atoms with Gasteiger partial charge in [0.2, 0.25) is 0 Å². The molecule has 0 radical (unpaired) electrons. The molecule has 1 saturated carbocycles. The first kappa shape index (κ1) is 14.4. The lowest BCUT2D eigenvalue weighted by Gasteiger charge is -2.22. The van der Waals surface area contributed by atoms with Crippen LogP contribution in [0.5, 0.6) is 0 Å². The monoisotopic (exact) mass is 290 g/mol. The Kier molecular flexibility index (Phi) is 4.41. The van der Waals surface area contributed by atoms with Gasteiger partial charge in [-0.05, 0) is 31.6 Å². The molecule has 2 atom stereocenters. The maximum atomic E-state index is 4.46. The summed E-state index contributed by atoms with van der Waals surface area (Å²) < 4.78 is 2.06. The van der Waals surface area contributed by atoms with Crippen molar-refractivity contribution >= 4 is 5.96 Å². The van der Waals surface area contributed by atoms with E-state index in [0.29, 0.717) is 6.54 Å². The molecule has 1 aromatic rings. The Labute approximate surface area is 126 Å². The lowest BCUT2D eigenvalue weighted by Crippen LogP contribution is -2.40. The van der Waals surface area contributed by atoms with Gasteiger partial charge in [0, 0.05) is 26.7 Å². The summed E-state index contributed by atoms with van der Waals surface area (Å²) in [6, 6.07) is 0. The predicted molar refractivity (Wildman–Crippen MR) is 82.9 cm³/mol. The van der Waals surface area contributed by atoms with E-state index in [4.69, 9.17) is 0 Å². The highest BCUT2D eigenvalue weighted by molar-refractivity contribution is 5.80. The summed E-state index contributed by atoms with van der Waals surface area (Å²) in [5.41, 5.74) is 0. The highest BCUT2D eigenvalue weighted by Crippen LogP contribution is 2.35. The van der Waals surface area contributed by atoms with Gasteiger partial charge >= 0.3 is 0 Å². The zero-order valence-electron chi connectivity index (χ0n) is 13.1. The molecule has 6 nitrogen and oxygen atoms in total. The fourth-order valence-corrected chi connectivity index (χ4v) is 3.75. The van der Waals surface area contributed by atoms with Crippen LogP contribution in [0.4, 0.5) is 0 Å². The van der Waals surface area contributed by atoms with Gasteiger partial charge in [-0.1, -0.05) is 12.8 Å². The van der Waals surface area contributed by atoms with Crippen molar-refractivity contribution in [3.63, 3.8) is 0 Å². The third-order valence-electron chi connectivity index (χ3n) is 4.93. The van der Waals surface area contributed by atoms with Crippen LogP contribution in [0.25, 0.3) is 0 Å². The quantitative estimate of drug-likeness (QED) is 0.677. The number of hydrogen-bond donors (Lipinski definition) is 1. The van der Waals surface area contributed by atoms with Crippen LogP contribution < -0.4 is 5.32 Å². The van der Waals surface area contributed by atoms with E-state index in [0.717, 1.165) is 43.3 Å². The molecule has 3 rings (SSSR count). The Morgan fingerprint density at radius 2 is 2.05 bits per heavy atom. The van der Waals surface area contributed by atoms with Crippen LogP contribution in [0.15, 0.2) is 11.3 Å². The molecule has 2 heterocycles. The molecule has 2 fully saturated rings. The number of aliphatic imine (C=N–C) groups is 1. The first-order valence-electron chi connectivity index (χ1n) is 8.14. The van der Waals surface area contributed by atoms with Crippen molar-refractivity contribution in [3.05, 3.63) is 12.2 Å². The molecular formula is C15H26N6. The summed E-state index contributed by atoms with van der Waals surface area (Å²) in [5.74, 6) is 3.72. The number of likely N-dealkylation sites (tertiary alicyclic amines) is 1. The van der Waals surface area contributed by atoms with Crippen molar-refractivity contribution in [1.82, 2.24) is 25.0 Å². The van der Waals surface area contributed by atoms with Gasteiger partial charge in [-0.15, -0.1) is 10.2 Å². The van der Waals surface area contributed by atoms with E-state index in [1.54, 1.807) is 6.33 Å². The van der Waals surface area contributed by atoms with E-state index in [2.05, 4.69) is 36.9 Å². The first-order chi connectivity index (χ1) is 10.3. The summed E-state index contributed by atoms with van der Waals surface area (Å²) in [7, 11) is 1.87. The molecule has 1 aliphatic heterocycles. The minimum absolute atomic E-state index is 0.687. The number of nitrogens with one attached hydrogen (secondary N) is 1. The maximum absolute atomic E-state index is 4.46. The standard InChI is InChI=1S/C15H26N6/c1-3-20-11-18-19-14(20)8-17-15(16-2)21-9-12-6-4-5-7-13(12)10-21/h11-13H,3-10H2,1-2H3,(H,16,17). The van der Waals surface area contributed by atoms with Crippen molar-refractivity contribution in [2.24, 2.45) is 16.8 Å². The summed E-state index contributed by atoms with van der Waals surface area (Å²) in [4.78, 5) is 6.88. The molecule has 0 amide bonds. The van der Waals surface area contributed by atoms with Gasteiger partial charge in [0.15, 0.2) is 11.8 Å². The molecule has 2 aliphatic rings. The fourth-order valence-electron chi connectivity index (χ4n) is 3.75. The molecule has 1 N–H and O–H groups in total. The molecule has 0 aromatic carbocycles. The summed E-state index contributed by atoms with van der Waals surface area (Å²) >= 11 is 0. The number of rotatable bonds is 3. The molecule has 0 spiro atoms. The van der Waals surface area contributed by atoms with Crippen LogP contribution >= 0.6 is 0 Å². The van der Waals surface area contributed by atoms with E-state index in [-0.39, 0.29) is 0 Å². The molecule has 2 unspecified atom stereocenters. The van der Waals surface area contributed by atoms with Gasteiger partial charge in [0.1, 0.15) is 6.33 Å². The van der Waals surface area contributed by atoms with Crippen LogP contribution in [-0.2, 0) is 13.1 Å². The zero-order valence-corrected chi connectivity index (χ0v) is 13.1. The smallest absolute Gasteiger partial charge is 0.194 e. The summed E-state index contributed by atoms with van der Waals surface area (Å²) in [6.07, 6.45) is 7.37. The molecule has 21 heavy (non-hydrogen) atoms. The largest absolute Gasteiger partial charge is 0.349 e. The second-order valence-electron chi connectivity index (χ2n) is 6.14. The Morgan fingerprint density at radius 3 is 2.67 bits per heavy atom. The van der Waals surface area contributed by atoms with Crippen molar-refractivity contribution in [1.29, 1.82) is 0 Å². The molecule has 1 aliphatic carbocycles. The van der Waals surface area contributed by atoms with Crippen LogP contribution in [0.3, 0.4) is 0 Å². The third kappa shape index (κ3) is 3.04. The Morgan fingerprint density at radius 1 is 1.33 bits per heavy atom. The second-order valence-corrected chi connectivity index (χ2v) is 6.14. The number of fused-ring (bicyclic) bond motifs is 1. The number of hydrogen-bond acceptors (Lipinski definition) is 3. The number of aromatic nitrogens is 3. The Hall–Kier alpha value is -1.59. The van der Waals surface area contributed by atoms with Crippen LogP contribution in [-0.4, -0.2) is 45.8 Å². The number of guanidine groups is 1. The van der Waals surface area contributed by atoms with Crippen molar-refractivity contribution in [2.75, 3.05) is 20.1 Å². The van der Waals surface area contributed by atoms with Crippen molar-refractivity contribution < 1.29 is 0 Å². The molecule has 6 heteroatoms. The Balaban J connectivity index is 1.59. The average Bonchev–Trinajstić information content (AvgIpc) is 3.13. The molecule has 0 bridgehead atoms. The summed E-state index contributed by atoms with van der Waals surface area (Å²) in [5, 5.41) is 11.6. The van der Waals surface area contributed by atoms with Gasteiger partial charge in [0.25, 0.3) is 0 Å². The average molecular weight is 290 g/mol. The highest BCUT2D eigenvalue weighted by atomic mass is 15.3. The van der Waals surface area contributed by atoms with Crippen molar-refractivity contribution in [2.45, 2.75) is 45.7 Å². The minimum Gasteiger partial charge on any atom is -0.349 e. The van der Waals surface area contributed by atoms with Gasteiger partial charge in [-0.25, -0.2) is 0 Å². The first-order valence-corrected chi connectivity index (χ1v) is 8.14. The van der Waals surface area contributed by atoms with E-state index < -0.39 is 0 Å². The highest BCUT2D eigenvalue weighted by Gasteiger charge is 2.35. The number of aryl methyl sites for hydroxylation is 1. The predicted octanol–water partition coefficient (Wildman–Crippen LogP) is 1.50. The molecule has 1 aromatic heterocycles. The van der Waals surface area contributed by atoms with Crippen LogP contribution in [0, 0.1) is 11.8 Å². The topological polar surface area (TPSA) is 58.3 Å². The van der Waals surface area contributed by atoms with E-state index in [1.807, 2.05) is 7.05 Å². The zero-order chi connectivity index (χ0) is 14.7. The van der Waals surface area contributed by atoms with Gasteiger partial charge < -0.3 is 14.8 Å². The third-order valence-corrected chi connectivity index (χ3v) is 4.93. The van der Waals surface area contributed by atoms with E-state index >= 15 is 0 Å². The normalized spacial score (nSPS) is 26.0. The van der Waals surface area contributed by atoms with Gasteiger partial charge in [0.05, 0.1) is 6.54 Å². The van der Waals surface area contributed by atoms with E-state index in [9.17, 15) is 0 Å². The lowest BCUT2D eigenvalue weighted by molar-refractivity contribution is 0.299. The van der Waals surface area contributed by atoms with E-state index in [1.165, 1.54) is 25.7 Å². The fraction of sp³-hybridized carbons (Fsp3) is 0.800. The molecule has 1 saturated heterocycles. The number of nitrogens with zero attached hydrogens (tertiary/aromatic N) is 5.